The predicted molar refractivity (Wildman–Crippen MR) is 107 cm³/mol. The van der Waals surface area contributed by atoms with Crippen molar-refractivity contribution in [3.8, 4) is 11.5 Å². The molecule has 0 spiro atoms. The molecular weight excluding hydrogens is 404 g/mol. The molecule has 0 aliphatic carbocycles. The molecule has 3 rings (SSSR count). The van der Waals surface area contributed by atoms with Crippen molar-refractivity contribution in [1.82, 2.24) is 4.73 Å². The summed E-state index contributed by atoms with van der Waals surface area (Å²) in [5.41, 5.74) is -0.186. The molecule has 0 aliphatic heterocycles. The molecule has 0 saturated carbocycles. The third-order valence-electron chi connectivity index (χ3n) is 3.90. The lowest BCUT2D eigenvalue weighted by Gasteiger charge is -2.22. The van der Waals surface area contributed by atoms with E-state index in [-0.39, 0.29) is 12.1 Å². The molecule has 146 valence electrons. The second-order valence-electron chi connectivity index (χ2n) is 6.00. The normalized spacial score (nSPS) is 11.2. The SMILES string of the molecule is CS(=O)(=O)N(Cc1cccn(O)c1=O)c1ccc(Oc2ccc(Cl)cc2)cc1. The van der Waals surface area contributed by atoms with Crippen LogP contribution in [0.5, 0.6) is 11.5 Å². The molecule has 0 atom stereocenters. The lowest BCUT2D eigenvalue weighted by atomic mass is 10.2. The van der Waals surface area contributed by atoms with Crippen molar-refractivity contribution in [1.29, 1.82) is 0 Å². The highest BCUT2D eigenvalue weighted by Gasteiger charge is 2.20. The topological polar surface area (TPSA) is 88.8 Å². The highest BCUT2D eigenvalue weighted by atomic mass is 35.5. The quantitative estimate of drug-likeness (QED) is 0.616. The van der Waals surface area contributed by atoms with E-state index in [4.69, 9.17) is 16.3 Å². The Morgan fingerprint density at radius 3 is 2.18 bits per heavy atom. The van der Waals surface area contributed by atoms with Crippen molar-refractivity contribution in [3.05, 3.63) is 87.8 Å². The Hall–Kier alpha value is -2.97. The van der Waals surface area contributed by atoms with Crippen LogP contribution in [0.25, 0.3) is 0 Å². The van der Waals surface area contributed by atoms with E-state index >= 15 is 0 Å². The first-order valence-corrected chi connectivity index (χ1v) is 10.4. The number of halogens is 1. The summed E-state index contributed by atoms with van der Waals surface area (Å²) in [6.45, 7) is -0.212. The van der Waals surface area contributed by atoms with E-state index in [1.807, 2.05) is 0 Å². The van der Waals surface area contributed by atoms with E-state index in [9.17, 15) is 18.4 Å². The molecule has 28 heavy (non-hydrogen) atoms. The first kappa shape index (κ1) is 19.8. The van der Waals surface area contributed by atoms with Gasteiger partial charge in [-0.1, -0.05) is 11.6 Å². The Balaban J connectivity index is 1.86. The van der Waals surface area contributed by atoms with Crippen LogP contribution < -0.4 is 14.6 Å². The van der Waals surface area contributed by atoms with Gasteiger partial charge in [0.25, 0.3) is 5.56 Å². The standard InChI is InChI=1S/C19H17ClN2O5S/c1-28(25,26)22(13-14-3-2-12-21(24)19(14)23)16-6-10-18(11-7-16)27-17-8-4-15(20)5-9-17/h2-12,24H,13H2,1H3. The van der Waals surface area contributed by atoms with E-state index in [2.05, 4.69) is 0 Å². The van der Waals surface area contributed by atoms with Crippen molar-refractivity contribution in [2.75, 3.05) is 10.6 Å². The van der Waals surface area contributed by atoms with Gasteiger partial charge in [-0.25, -0.2) is 8.42 Å². The molecule has 0 unspecified atom stereocenters. The van der Waals surface area contributed by atoms with E-state index in [0.29, 0.717) is 26.9 Å². The fraction of sp³-hybridized carbons (Fsp3) is 0.105. The summed E-state index contributed by atoms with van der Waals surface area (Å²) in [4.78, 5) is 12.0. The lowest BCUT2D eigenvalue weighted by molar-refractivity contribution is 0.174. The number of benzene rings is 2. The Morgan fingerprint density at radius 2 is 1.61 bits per heavy atom. The number of hydrogen-bond donors (Lipinski definition) is 1. The molecule has 0 bridgehead atoms. The maximum Gasteiger partial charge on any atom is 0.287 e. The Bertz CT molecular complexity index is 1130. The summed E-state index contributed by atoms with van der Waals surface area (Å²) in [6.07, 6.45) is 2.23. The maximum atomic E-state index is 12.3. The highest BCUT2D eigenvalue weighted by Crippen LogP contribution is 2.27. The number of hydrogen-bond acceptors (Lipinski definition) is 5. The van der Waals surface area contributed by atoms with Crippen LogP contribution >= 0.6 is 11.6 Å². The fourth-order valence-electron chi connectivity index (χ4n) is 2.52. The monoisotopic (exact) mass is 420 g/mol. The third kappa shape index (κ3) is 4.65. The van der Waals surface area contributed by atoms with Crippen LogP contribution in [0.4, 0.5) is 5.69 Å². The van der Waals surface area contributed by atoms with E-state index in [0.717, 1.165) is 10.6 Å². The molecule has 1 N–H and O–H groups in total. The number of nitrogens with zero attached hydrogens (tertiary/aromatic N) is 2. The first-order valence-electron chi connectivity index (χ1n) is 8.15. The molecule has 0 radical (unpaired) electrons. The van der Waals surface area contributed by atoms with Gasteiger partial charge in [0.05, 0.1) is 18.5 Å². The fourth-order valence-corrected chi connectivity index (χ4v) is 3.53. The van der Waals surface area contributed by atoms with Crippen molar-refractivity contribution in [2.24, 2.45) is 0 Å². The van der Waals surface area contributed by atoms with Crippen molar-refractivity contribution in [2.45, 2.75) is 6.54 Å². The summed E-state index contributed by atoms with van der Waals surface area (Å²) in [7, 11) is -3.67. The molecule has 0 amide bonds. The van der Waals surface area contributed by atoms with Gasteiger partial charge in [-0.3, -0.25) is 9.10 Å². The van der Waals surface area contributed by atoms with E-state index in [1.54, 1.807) is 48.5 Å². The van der Waals surface area contributed by atoms with Gasteiger partial charge in [0, 0.05) is 16.8 Å². The van der Waals surface area contributed by atoms with Crippen LogP contribution in [0.2, 0.25) is 5.02 Å². The number of ether oxygens (including phenoxy) is 1. The minimum absolute atomic E-state index is 0.136. The average molecular weight is 421 g/mol. The summed E-state index contributed by atoms with van der Waals surface area (Å²) in [6, 6.07) is 16.2. The van der Waals surface area contributed by atoms with Gasteiger partial charge in [-0.05, 0) is 60.7 Å². The molecular formula is C19H17ClN2O5S. The Kier molecular flexibility index (Phi) is 5.62. The number of anilines is 1. The highest BCUT2D eigenvalue weighted by molar-refractivity contribution is 7.92. The smallest absolute Gasteiger partial charge is 0.287 e. The van der Waals surface area contributed by atoms with Gasteiger partial charge in [0.1, 0.15) is 11.5 Å². The molecule has 0 fully saturated rings. The third-order valence-corrected chi connectivity index (χ3v) is 5.29. The van der Waals surface area contributed by atoms with Gasteiger partial charge in [0.15, 0.2) is 0 Å². The largest absolute Gasteiger partial charge is 0.457 e. The van der Waals surface area contributed by atoms with Crippen LogP contribution in [-0.4, -0.2) is 24.6 Å². The first-order chi connectivity index (χ1) is 13.2. The number of aromatic nitrogens is 1. The van der Waals surface area contributed by atoms with Gasteiger partial charge >= 0.3 is 0 Å². The second kappa shape index (κ2) is 7.95. The predicted octanol–water partition coefficient (Wildman–Crippen LogP) is 3.50. The number of rotatable bonds is 6. The zero-order valence-electron chi connectivity index (χ0n) is 14.8. The van der Waals surface area contributed by atoms with Crippen LogP contribution in [0.3, 0.4) is 0 Å². The zero-order valence-corrected chi connectivity index (χ0v) is 16.4. The lowest BCUT2D eigenvalue weighted by Crippen LogP contribution is -2.33. The molecule has 1 heterocycles. The van der Waals surface area contributed by atoms with Gasteiger partial charge in [0.2, 0.25) is 10.0 Å². The molecule has 9 heteroatoms. The minimum Gasteiger partial charge on any atom is -0.457 e. The second-order valence-corrected chi connectivity index (χ2v) is 8.35. The zero-order chi connectivity index (χ0) is 20.3. The molecule has 7 nitrogen and oxygen atoms in total. The van der Waals surface area contributed by atoms with Gasteiger partial charge < -0.3 is 9.94 Å². The minimum atomic E-state index is -3.67. The Morgan fingerprint density at radius 1 is 1.04 bits per heavy atom. The van der Waals surface area contributed by atoms with Crippen molar-refractivity contribution >= 4 is 27.3 Å². The van der Waals surface area contributed by atoms with Gasteiger partial charge in [-0.15, -0.1) is 0 Å². The summed E-state index contributed by atoms with van der Waals surface area (Å²) in [5.74, 6) is 1.10. The number of pyridine rings is 1. The van der Waals surface area contributed by atoms with E-state index in [1.165, 1.54) is 18.3 Å². The van der Waals surface area contributed by atoms with Crippen molar-refractivity contribution < 1.29 is 18.4 Å². The number of sulfonamides is 1. The van der Waals surface area contributed by atoms with Crippen LogP contribution in [0.15, 0.2) is 71.7 Å². The Labute approximate surface area is 167 Å². The summed E-state index contributed by atoms with van der Waals surface area (Å²) >= 11 is 5.84. The van der Waals surface area contributed by atoms with E-state index < -0.39 is 15.6 Å². The van der Waals surface area contributed by atoms with Crippen LogP contribution in [-0.2, 0) is 16.6 Å². The molecule has 0 aliphatic rings. The molecule has 2 aromatic carbocycles. The summed E-state index contributed by atoms with van der Waals surface area (Å²) in [5, 5.41) is 10.1. The average Bonchev–Trinajstić information content (AvgIpc) is 2.65. The molecule has 0 saturated heterocycles. The van der Waals surface area contributed by atoms with Crippen LogP contribution in [0, 0.1) is 0 Å². The summed E-state index contributed by atoms with van der Waals surface area (Å²) < 4.78 is 31.7. The van der Waals surface area contributed by atoms with Crippen LogP contribution in [0.1, 0.15) is 5.56 Å². The van der Waals surface area contributed by atoms with Crippen molar-refractivity contribution in [3.63, 3.8) is 0 Å². The maximum absolute atomic E-state index is 12.3. The van der Waals surface area contributed by atoms with Gasteiger partial charge in [-0.2, -0.15) is 4.73 Å². The molecule has 3 aromatic rings. The molecule has 1 aromatic heterocycles.